The van der Waals surface area contributed by atoms with E-state index in [-0.39, 0.29) is 24.5 Å². The number of morpholine rings is 1. The number of aliphatic hydroxyl groups excluding tert-OH is 1. The smallest absolute Gasteiger partial charge is 0.303 e. The van der Waals surface area contributed by atoms with Crippen molar-refractivity contribution in [2.24, 2.45) is 11.7 Å². The van der Waals surface area contributed by atoms with Crippen LogP contribution in [0.2, 0.25) is 0 Å². The molecule has 4 N–H and O–H groups in total. The fourth-order valence-electron chi connectivity index (χ4n) is 4.64. The van der Waals surface area contributed by atoms with Gasteiger partial charge in [0, 0.05) is 43.5 Å². The lowest BCUT2D eigenvalue weighted by Crippen LogP contribution is -2.50. The van der Waals surface area contributed by atoms with Gasteiger partial charge >= 0.3 is 5.97 Å². The number of carbonyl (C=O) groups is 2. The molecule has 1 aromatic carbocycles. The summed E-state index contributed by atoms with van der Waals surface area (Å²) < 4.78 is 11.7. The second-order valence-corrected chi connectivity index (χ2v) is 8.51. The third-order valence-electron chi connectivity index (χ3n) is 6.29. The predicted molar refractivity (Wildman–Crippen MR) is 119 cm³/mol. The normalized spacial score (nSPS) is 26.5. The number of unbranched alkanes of at least 4 members (excludes halogenated alkanes) is 1. The highest BCUT2D eigenvalue weighted by molar-refractivity contribution is 5.92. The van der Waals surface area contributed by atoms with E-state index in [1.165, 1.54) is 0 Å². The molecule has 0 radical (unpaired) electrons. The molecule has 4 atom stereocenters. The summed E-state index contributed by atoms with van der Waals surface area (Å²) in [6, 6.07) is 7.06. The van der Waals surface area contributed by atoms with Gasteiger partial charge < -0.3 is 25.4 Å². The maximum Gasteiger partial charge on any atom is 0.303 e. The van der Waals surface area contributed by atoms with Crippen molar-refractivity contribution in [3.05, 3.63) is 47.5 Å². The number of primary amides is 1. The average Bonchev–Trinajstić information content (AvgIpc) is 3.10. The molecule has 1 aromatic rings. The first-order chi connectivity index (χ1) is 15.5. The molecule has 1 amide bonds. The van der Waals surface area contributed by atoms with Crippen LogP contribution in [-0.2, 0) is 20.9 Å². The van der Waals surface area contributed by atoms with Crippen LogP contribution in [0.3, 0.4) is 0 Å². The van der Waals surface area contributed by atoms with Crippen molar-refractivity contribution in [2.45, 2.75) is 57.0 Å². The summed E-state index contributed by atoms with van der Waals surface area (Å²) in [6.07, 6.45) is 6.39. The second-order valence-electron chi connectivity index (χ2n) is 8.51. The summed E-state index contributed by atoms with van der Waals surface area (Å²) in [5, 5.41) is 19.6. The Labute approximate surface area is 189 Å². The number of nitrogens with two attached hydrogens (primary N) is 1. The van der Waals surface area contributed by atoms with Crippen molar-refractivity contribution in [2.75, 3.05) is 26.3 Å². The lowest BCUT2D eigenvalue weighted by Gasteiger charge is -2.37. The van der Waals surface area contributed by atoms with Gasteiger partial charge in [0.25, 0.3) is 0 Å². The summed E-state index contributed by atoms with van der Waals surface area (Å²) in [5.74, 6) is -1.11. The standard InChI is InChI=1S/C24H34N2O6/c25-24(30)18-9-7-17(8-10-18)16-32-21-15-20(27)23(26-11-13-31-14-12-26)19(21)5-3-1-2-4-6-22(28)29/h1,3,7-10,19-21,23,27H,2,4-6,11-16H2,(H2,25,30)(H,28,29)/t19-,20+,21-,23+/m0/s1. The SMILES string of the molecule is NC(=O)c1ccc(CO[C@H]2C[C@@H](O)[C@H](N3CCOCC3)[C@H]2CC=CCCCC(=O)O)cc1. The molecular weight excluding hydrogens is 412 g/mol. The number of amides is 1. The van der Waals surface area contributed by atoms with Gasteiger partial charge in [0.05, 0.1) is 32.0 Å². The Hall–Kier alpha value is -2.26. The highest BCUT2D eigenvalue weighted by atomic mass is 16.5. The third-order valence-corrected chi connectivity index (χ3v) is 6.29. The van der Waals surface area contributed by atoms with E-state index in [9.17, 15) is 14.7 Å². The summed E-state index contributed by atoms with van der Waals surface area (Å²) in [4.78, 5) is 24.2. The molecule has 1 aliphatic carbocycles. The van der Waals surface area contributed by atoms with Gasteiger partial charge in [0.2, 0.25) is 5.91 Å². The largest absolute Gasteiger partial charge is 0.481 e. The molecule has 2 aliphatic rings. The predicted octanol–water partition coefficient (Wildman–Crippen LogP) is 1.95. The maximum absolute atomic E-state index is 11.3. The fraction of sp³-hybridized carbons (Fsp3) is 0.583. The minimum atomic E-state index is -0.776. The lowest BCUT2D eigenvalue weighted by molar-refractivity contribution is -0.137. The van der Waals surface area contributed by atoms with E-state index >= 15 is 0 Å². The maximum atomic E-state index is 11.3. The Morgan fingerprint density at radius 2 is 1.91 bits per heavy atom. The highest BCUT2D eigenvalue weighted by Crippen LogP contribution is 2.36. The summed E-state index contributed by atoms with van der Waals surface area (Å²) in [6.45, 7) is 3.31. The van der Waals surface area contributed by atoms with Crippen molar-refractivity contribution < 1.29 is 29.3 Å². The minimum Gasteiger partial charge on any atom is -0.481 e. The van der Waals surface area contributed by atoms with E-state index in [1.54, 1.807) is 12.1 Å². The topological polar surface area (TPSA) is 122 Å². The summed E-state index contributed by atoms with van der Waals surface area (Å²) in [5.41, 5.74) is 6.71. The highest BCUT2D eigenvalue weighted by Gasteiger charge is 2.45. The fourth-order valence-corrected chi connectivity index (χ4v) is 4.64. The molecule has 0 aromatic heterocycles. The van der Waals surface area contributed by atoms with Crippen LogP contribution in [-0.4, -0.2) is 71.5 Å². The van der Waals surface area contributed by atoms with Crippen LogP contribution in [0.4, 0.5) is 0 Å². The number of aliphatic hydroxyl groups is 1. The van der Waals surface area contributed by atoms with E-state index in [0.717, 1.165) is 31.5 Å². The number of ether oxygens (including phenoxy) is 2. The molecule has 1 heterocycles. The van der Waals surface area contributed by atoms with Crippen molar-refractivity contribution in [3.8, 4) is 0 Å². The number of carbonyl (C=O) groups excluding carboxylic acids is 1. The molecule has 8 heteroatoms. The molecule has 3 rings (SSSR count). The molecule has 176 valence electrons. The van der Waals surface area contributed by atoms with Gasteiger partial charge in [-0.05, 0) is 37.0 Å². The zero-order valence-corrected chi connectivity index (χ0v) is 18.4. The van der Waals surface area contributed by atoms with Crippen LogP contribution in [0.1, 0.15) is 48.0 Å². The van der Waals surface area contributed by atoms with Crippen LogP contribution in [0.5, 0.6) is 0 Å². The number of hydrogen-bond acceptors (Lipinski definition) is 6. The first-order valence-corrected chi connectivity index (χ1v) is 11.3. The Balaban J connectivity index is 1.62. The van der Waals surface area contributed by atoms with Gasteiger partial charge in [-0.1, -0.05) is 24.3 Å². The van der Waals surface area contributed by atoms with Gasteiger partial charge in [0.1, 0.15) is 0 Å². The molecular formula is C24H34N2O6. The van der Waals surface area contributed by atoms with Crippen molar-refractivity contribution in [1.82, 2.24) is 4.90 Å². The zero-order valence-electron chi connectivity index (χ0n) is 18.4. The number of aliphatic carboxylic acids is 1. The molecule has 2 fully saturated rings. The van der Waals surface area contributed by atoms with Gasteiger partial charge in [-0.3, -0.25) is 14.5 Å². The third kappa shape index (κ3) is 6.87. The lowest BCUT2D eigenvalue weighted by atomic mass is 9.94. The Bertz CT molecular complexity index is 775. The molecule has 1 aliphatic heterocycles. The monoisotopic (exact) mass is 446 g/mol. The van der Waals surface area contributed by atoms with Crippen LogP contribution < -0.4 is 5.73 Å². The van der Waals surface area contributed by atoms with E-state index in [1.807, 2.05) is 18.2 Å². The molecule has 32 heavy (non-hydrogen) atoms. The molecule has 0 unspecified atom stereocenters. The van der Waals surface area contributed by atoms with Gasteiger partial charge in [-0.15, -0.1) is 0 Å². The van der Waals surface area contributed by atoms with E-state index in [4.69, 9.17) is 20.3 Å². The van der Waals surface area contributed by atoms with E-state index in [2.05, 4.69) is 11.0 Å². The van der Waals surface area contributed by atoms with Gasteiger partial charge in [-0.25, -0.2) is 0 Å². The van der Waals surface area contributed by atoms with Crippen LogP contribution in [0.25, 0.3) is 0 Å². The van der Waals surface area contributed by atoms with Crippen molar-refractivity contribution in [1.29, 1.82) is 0 Å². The number of carboxylic acids is 1. The average molecular weight is 447 g/mol. The van der Waals surface area contributed by atoms with E-state index < -0.39 is 18.0 Å². The zero-order chi connectivity index (χ0) is 22.9. The van der Waals surface area contributed by atoms with Crippen LogP contribution in [0.15, 0.2) is 36.4 Å². The molecule has 1 saturated carbocycles. The van der Waals surface area contributed by atoms with Crippen molar-refractivity contribution >= 4 is 11.9 Å². The minimum absolute atomic E-state index is 0.00445. The molecule has 0 bridgehead atoms. The second kappa shape index (κ2) is 12.1. The Morgan fingerprint density at radius 1 is 1.19 bits per heavy atom. The number of nitrogens with zero attached hydrogens (tertiary/aromatic N) is 1. The quantitative estimate of drug-likeness (QED) is 0.351. The molecule has 1 saturated heterocycles. The van der Waals surface area contributed by atoms with Crippen LogP contribution in [0, 0.1) is 5.92 Å². The van der Waals surface area contributed by atoms with Crippen LogP contribution >= 0.6 is 0 Å². The van der Waals surface area contributed by atoms with E-state index in [0.29, 0.717) is 38.2 Å². The Kier molecular flexibility index (Phi) is 9.23. The number of benzene rings is 1. The Morgan fingerprint density at radius 3 is 2.56 bits per heavy atom. The molecule has 0 spiro atoms. The van der Waals surface area contributed by atoms with Gasteiger partial charge in [-0.2, -0.15) is 0 Å². The number of hydrogen-bond donors (Lipinski definition) is 3. The summed E-state index contributed by atoms with van der Waals surface area (Å²) >= 11 is 0. The number of carboxylic acid groups (broad SMARTS) is 1. The van der Waals surface area contributed by atoms with Gasteiger partial charge in [0.15, 0.2) is 0 Å². The number of rotatable bonds is 11. The first-order valence-electron chi connectivity index (χ1n) is 11.3. The number of allylic oxidation sites excluding steroid dienone is 2. The summed E-state index contributed by atoms with van der Waals surface area (Å²) in [7, 11) is 0. The molecule has 8 nitrogen and oxygen atoms in total. The first kappa shape index (κ1) is 24.4. The van der Waals surface area contributed by atoms with Crippen molar-refractivity contribution in [3.63, 3.8) is 0 Å².